The smallest absolute Gasteiger partial charge is 0 e. The molecule has 3 rings (SSSR count). The van der Waals surface area contributed by atoms with E-state index >= 15 is 0 Å². The number of aryl methyl sites for hydroxylation is 2. The van der Waals surface area contributed by atoms with E-state index in [-0.39, 0.29) is 26.2 Å². The molecule has 21 heavy (non-hydrogen) atoms. The Labute approximate surface area is 146 Å². The summed E-state index contributed by atoms with van der Waals surface area (Å²) >= 11 is 0. The molecule has 0 fully saturated rings. The third-order valence-electron chi connectivity index (χ3n) is 3.99. The van der Waals surface area contributed by atoms with Gasteiger partial charge in [-0.05, 0) is 18.9 Å². The molecule has 106 valence electrons. The molecule has 0 unspecified atom stereocenters. The summed E-state index contributed by atoms with van der Waals surface area (Å²) < 4.78 is 0. The van der Waals surface area contributed by atoms with Crippen LogP contribution >= 0.6 is 0 Å². The number of unbranched alkanes of at least 4 members (excludes halogenated alkanes) is 1. The van der Waals surface area contributed by atoms with Crippen LogP contribution in [0.4, 0.5) is 0 Å². The minimum absolute atomic E-state index is 0. The van der Waals surface area contributed by atoms with Crippen LogP contribution in [0.2, 0.25) is 0 Å². The van der Waals surface area contributed by atoms with Crippen molar-refractivity contribution in [2.24, 2.45) is 0 Å². The Kier molecular flexibility index (Phi) is 5.65. The molecule has 3 aromatic rings. The van der Waals surface area contributed by atoms with Crippen molar-refractivity contribution in [1.29, 1.82) is 0 Å². The first-order valence-electron chi connectivity index (χ1n) is 7.53. The molecular weight excluding hydrogens is 331 g/mol. The normalized spacial score (nSPS) is 10.6. The van der Waals surface area contributed by atoms with Crippen LogP contribution in [0, 0.1) is 6.92 Å². The van der Waals surface area contributed by atoms with E-state index in [2.05, 4.69) is 68.4 Å². The van der Waals surface area contributed by atoms with E-state index in [1.807, 2.05) is 0 Å². The summed E-state index contributed by atoms with van der Waals surface area (Å²) in [5.41, 5.74) is 5.45. The van der Waals surface area contributed by atoms with Gasteiger partial charge in [0.05, 0.1) is 0 Å². The monoisotopic (exact) mass is 351 g/mol. The van der Waals surface area contributed by atoms with Crippen molar-refractivity contribution in [2.45, 2.75) is 33.1 Å². The third-order valence-corrected chi connectivity index (χ3v) is 3.99. The van der Waals surface area contributed by atoms with Gasteiger partial charge in [0.2, 0.25) is 0 Å². The van der Waals surface area contributed by atoms with Crippen molar-refractivity contribution in [3.63, 3.8) is 0 Å². The van der Waals surface area contributed by atoms with Gasteiger partial charge in [0.1, 0.15) is 0 Å². The molecule has 0 N–H and O–H groups in total. The largest absolute Gasteiger partial charge is 0.164 e. The zero-order valence-corrected chi connectivity index (χ0v) is 15.3. The molecule has 0 aliphatic heterocycles. The molecule has 0 amide bonds. The maximum Gasteiger partial charge on any atom is 0 e. The minimum Gasteiger partial charge on any atom is -0.164 e. The maximum absolute atomic E-state index is 2.38. The summed E-state index contributed by atoms with van der Waals surface area (Å²) in [4.78, 5) is 0. The molecule has 0 radical (unpaired) electrons. The average molecular weight is 353 g/mol. The van der Waals surface area contributed by atoms with Crippen LogP contribution in [0.5, 0.6) is 0 Å². The SMILES string of the molecule is CCCCc1cc2c(-c3ccc(C)cc3)cccc2[cH-]1.[Zr]. The van der Waals surface area contributed by atoms with E-state index in [0.29, 0.717) is 0 Å². The summed E-state index contributed by atoms with van der Waals surface area (Å²) in [6.07, 6.45) is 3.72. The van der Waals surface area contributed by atoms with Gasteiger partial charge < -0.3 is 0 Å². The van der Waals surface area contributed by atoms with E-state index in [1.54, 1.807) is 0 Å². The van der Waals surface area contributed by atoms with Gasteiger partial charge in [0.25, 0.3) is 0 Å². The Morgan fingerprint density at radius 2 is 1.76 bits per heavy atom. The molecule has 0 atom stereocenters. The van der Waals surface area contributed by atoms with Crippen molar-refractivity contribution in [1.82, 2.24) is 0 Å². The minimum atomic E-state index is 0. The predicted molar refractivity (Wildman–Crippen MR) is 88.3 cm³/mol. The first-order chi connectivity index (χ1) is 9.78. The summed E-state index contributed by atoms with van der Waals surface area (Å²) in [7, 11) is 0. The van der Waals surface area contributed by atoms with Gasteiger partial charge in [-0.3, -0.25) is 0 Å². The molecule has 0 spiro atoms. The number of rotatable bonds is 4. The zero-order chi connectivity index (χ0) is 13.9. The van der Waals surface area contributed by atoms with Crippen LogP contribution in [-0.4, -0.2) is 0 Å². The van der Waals surface area contributed by atoms with Crippen LogP contribution in [0.3, 0.4) is 0 Å². The number of fused-ring (bicyclic) bond motifs is 1. The van der Waals surface area contributed by atoms with Crippen LogP contribution < -0.4 is 0 Å². The second kappa shape index (κ2) is 7.27. The van der Waals surface area contributed by atoms with Gasteiger partial charge in [-0.1, -0.05) is 61.2 Å². The molecule has 0 saturated carbocycles. The van der Waals surface area contributed by atoms with E-state index in [1.165, 1.54) is 52.3 Å². The average Bonchev–Trinajstić information content (AvgIpc) is 2.89. The molecule has 0 nitrogen and oxygen atoms in total. The second-order valence-electron chi connectivity index (χ2n) is 5.64. The summed E-state index contributed by atoms with van der Waals surface area (Å²) in [6, 6.07) is 20.2. The van der Waals surface area contributed by atoms with Gasteiger partial charge in [-0.25, -0.2) is 0 Å². The van der Waals surface area contributed by atoms with Crippen molar-refractivity contribution in [3.05, 3.63) is 65.7 Å². The van der Waals surface area contributed by atoms with Crippen LogP contribution in [-0.2, 0) is 32.6 Å². The molecule has 1 heteroatoms. The van der Waals surface area contributed by atoms with E-state index < -0.39 is 0 Å². The molecule has 0 aliphatic rings. The molecular formula is C20H21Zr-. The summed E-state index contributed by atoms with van der Waals surface area (Å²) in [5, 5.41) is 2.76. The Bertz CT molecular complexity index is 704. The Morgan fingerprint density at radius 1 is 1.00 bits per heavy atom. The maximum atomic E-state index is 2.38. The predicted octanol–water partition coefficient (Wildman–Crippen LogP) is 5.87. The first-order valence-corrected chi connectivity index (χ1v) is 7.53. The molecule has 0 heterocycles. The summed E-state index contributed by atoms with van der Waals surface area (Å²) in [5.74, 6) is 0. The van der Waals surface area contributed by atoms with Crippen molar-refractivity contribution in [2.75, 3.05) is 0 Å². The number of hydrogen-bond acceptors (Lipinski definition) is 0. The molecule has 0 aromatic heterocycles. The topological polar surface area (TPSA) is 0 Å². The fourth-order valence-electron chi connectivity index (χ4n) is 2.81. The van der Waals surface area contributed by atoms with Crippen LogP contribution in [0.1, 0.15) is 30.9 Å². The van der Waals surface area contributed by atoms with Crippen molar-refractivity contribution < 1.29 is 26.2 Å². The standard InChI is InChI=1S/C20H21.Zr/c1-3-4-6-16-13-18-7-5-8-19(20(18)14-16)17-11-9-15(2)10-12-17;/h5,7-14H,3-4,6H2,1-2H3;/q-1;. The van der Waals surface area contributed by atoms with Crippen LogP contribution in [0.15, 0.2) is 54.6 Å². The van der Waals surface area contributed by atoms with Gasteiger partial charge >= 0.3 is 0 Å². The Morgan fingerprint density at radius 3 is 2.48 bits per heavy atom. The van der Waals surface area contributed by atoms with Crippen molar-refractivity contribution in [3.8, 4) is 11.1 Å². The first kappa shape index (κ1) is 16.3. The Balaban J connectivity index is 0.00000161. The quantitative estimate of drug-likeness (QED) is 0.515. The van der Waals surface area contributed by atoms with Gasteiger partial charge in [0, 0.05) is 26.2 Å². The molecule has 0 bridgehead atoms. The van der Waals surface area contributed by atoms with Crippen molar-refractivity contribution >= 4 is 10.8 Å². The zero-order valence-electron chi connectivity index (χ0n) is 12.8. The van der Waals surface area contributed by atoms with Gasteiger partial charge in [-0.2, -0.15) is 6.07 Å². The molecule has 3 aromatic carbocycles. The van der Waals surface area contributed by atoms with Gasteiger partial charge in [0.15, 0.2) is 0 Å². The van der Waals surface area contributed by atoms with Crippen LogP contribution in [0.25, 0.3) is 21.9 Å². The fourth-order valence-corrected chi connectivity index (χ4v) is 2.81. The number of hydrogen-bond donors (Lipinski definition) is 0. The van der Waals surface area contributed by atoms with Gasteiger partial charge in [-0.15, -0.1) is 34.5 Å². The fraction of sp³-hybridized carbons (Fsp3) is 0.250. The molecule has 0 aliphatic carbocycles. The Hall–Kier alpha value is -1.07. The summed E-state index contributed by atoms with van der Waals surface area (Å²) in [6.45, 7) is 4.39. The second-order valence-corrected chi connectivity index (χ2v) is 5.64. The van der Waals surface area contributed by atoms with E-state index in [9.17, 15) is 0 Å². The van der Waals surface area contributed by atoms with E-state index in [0.717, 1.165) is 0 Å². The molecule has 0 saturated heterocycles. The number of benzene rings is 2. The third kappa shape index (κ3) is 3.58. The van der Waals surface area contributed by atoms with E-state index in [4.69, 9.17) is 0 Å².